The van der Waals surface area contributed by atoms with Crippen molar-refractivity contribution in [3.8, 4) is 0 Å². The fraction of sp³-hybridized carbons (Fsp3) is 1.00. The third-order valence-electron chi connectivity index (χ3n) is 5.79. The lowest BCUT2D eigenvalue weighted by Gasteiger charge is -2.34. The molecule has 22 heavy (non-hydrogen) atoms. The summed E-state index contributed by atoms with van der Waals surface area (Å²) in [6.07, 6.45) is 12.1. The molecule has 0 saturated heterocycles. The second kappa shape index (κ2) is 9.46. The quantitative estimate of drug-likeness (QED) is 0.686. The summed E-state index contributed by atoms with van der Waals surface area (Å²) in [4.78, 5) is 0. The molecule has 0 bridgehead atoms. The molecule has 2 fully saturated rings. The normalized spacial score (nSPS) is 24.1. The molecule has 2 saturated carbocycles. The standard InChI is InChI=1S/C18H35NO2.ClH/c1-16(12-17(14-20-2)8-4-5-9-17)19-13-18(15-21-3)10-6-7-11-18;/h16,19H,4-15H2,1-3H3;1H. The lowest BCUT2D eigenvalue weighted by Crippen LogP contribution is -2.42. The van der Waals surface area contributed by atoms with Gasteiger partial charge in [0.15, 0.2) is 0 Å². The Hall–Kier alpha value is 0.170. The van der Waals surface area contributed by atoms with Gasteiger partial charge in [-0.05, 0) is 44.4 Å². The van der Waals surface area contributed by atoms with Gasteiger partial charge < -0.3 is 14.8 Å². The number of ether oxygens (including phenoxy) is 2. The van der Waals surface area contributed by atoms with Gasteiger partial charge >= 0.3 is 0 Å². The Balaban J connectivity index is 0.00000242. The summed E-state index contributed by atoms with van der Waals surface area (Å²) in [6.45, 7) is 5.31. The molecule has 0 aromatic rings. The fourth-order valence-electron chi connectivity index (χ4n) is 4.75. The third kappa shape index (κ3) is 5.36. The average Bonchev–Trinajstić information content (AvgIpc) is 3.08. The van der Waals surface area contributed by atoms with Gasteiger partial charge in [-0.15, -0.1) is 12.4 Å². The highest BCUT2D eigenvalue weighted by Gasteiger charge is 2.37. The van der Waals surface area contributed by atoms with Crippen molar-refractivity contribution < 1.29 is 9.47 Å². The van der Waals surface area contributed by atoms with E-state index >= 15 is 0 Å². The van der Waals surface area contributed by atoms with Crippen LogP contribution in [0, 0.1) is 10.8 Å². The zero-order valence-corrected chi connectivity index (χ0v) is 15.6. The summed E-state index contributed by atoms with van der Waals surface area (Å²) in [5.41, 5.74) is 0.832. The first kappa shape index (κ1) is 20.2. The largest absolute Gasteiger partial charge is 0.384 e. The molecule has 132 valence electrons. The average molecular weight is 334 g/mol. The Morgan fingerprint density at radius 3 is 1.82 bits per heavy atom. The molecule has 0 aromatic carbocycles. The highest BCUT2D eigenvalue weighted by Crippen LogP contribution is 2.42. The van der Waals surface area contributed by atoms with Crippen LogP contribution in [0.3, 0.4) is 0 Å². The van der Waals surface area contributed by atoms with Gasteiger partial charge in [0.05, 0.1) is 13.2 Å². The van der Waals surface area contributed by atoms with Crippen molar-refractivity contribution in [2.24, 2.45) is 10.8 Å². The Morgan fingerprint density at radius 2 is 1.32 bits per heavy atom. The molecule has 0 aromatic heterocycles. The zero-order valence-electron chi connectivity index (χ0n) is 14.8. The summed E-state index contributed by atoms with van der Waals surface area (Å²) >= 11 is 0. The third-order valence-corrected chi connectivity index (χ3v) is 5.79. The van der Waals surface area contributed by atoms with Crippen LogP contribution in [-0.2, 0) is 9.47 Å². The van der Waals surface area contributed by atoms with Gasteiger partial charge in [0.2, 0.25) is 0 Å². The molecule has 0 amide bonds. The van der Waals surface area contributed by atoms with Crippen LogP contribution < -0.4 is 5.32 Å². The molecular weight excluding hydrogens is 298 g/mol. The molecular formula is C18H36ClNO2. The molecule has 2 rings (SSSR count). The minimum absolute atomic E-state index is 0. The monoisotopic (exact) mass is 333 g/mol. The van der Waals surface area contributed by atoms with E-state index in [4.69, 9.17) is 9.47 Å². The van der Waals surface area contributed by atoms with Gasteiger partial charge in [-0.1, -0.05) is 25.7 Å². The molecule has 0 aliphatic heterocycles. The Kier molecular flexibility index (Phi) is 8.69. The molecule has 0 radical (unpaired) electrons. The Bertz CT molecular complexity index is 299. The maximum Gasteiger partial charge on any atom is 0.0530 e. The summed E-state index contributed by atoms with van der Waals surface area (Å²) in [5.74, 6) is 0. The van der Waals surface area contributed by atoms with E-state index in [1.165, 1.54) is 57.8 Å². The van der Waals surface area contributed by atoms with Gasteiger partial charge in [0, 0.05) is 32.2 Å². The van der Waals surface area contributed by atoms with E-state index in [1.807, 2.05) is 14.2 Å². The van der Waals surface area contributed by atoms with Crippen molar-refractivity contribution in [3.05, 3.63) is 0 Å². The molecule has 1 N–H and O–H groups in total. The lowest BCUT2D eigenvalue weighted by atomic mass is 9.80. The van der Waals surface area contributed by atoms with Crippen molar-refractivity contribution in [2.75, 3.05) is 34.0 Å². The van der Waals surface area contributed by atoms with E-state index in [0.29, 0.717) is 16.9 Å². The van der Waals surface area contributed by atoms with E-state index in [9.17, 15) is 0 Å². The van der Waals surface area contributed by atoms with Crippen molar-refractivity contribution in [3.63, 3.8) is 0 Å². The Labute approximate surface area is 143 Å². The van der Waals surface area contributed by atoms with Crippen LogP contribution >= 0.6 is 12.4 Å². The van der Waals surface area contributed by atoms with Crippen LogP contribution in [0.25, 0.3) is 0 Å². The topological polar surface area (TPSA) is 30.5 Å². The second-order valence-electron chi connectivity index (χ2n) is 7.77. The van der Waals surface area contributed by atoms with Crippen LogP contribution in [0.2, 0.25) is 0 Å². The van der Waals surface area contributed by atoms with Gasteiger partial charge in [0.1, 0.15) is 0 Å². The Morgan fingerprint density at radius 1 is 0.864 bits per heavy atom. The minimum atomic E-state index is 0. The lowest BCUT2D eigenvalue weighted by molar-refractivity contribution is 0.0604. The first-order valence-electron chi connectivity index (χ1n) is 8.85. The van der Waals surface area contributed by atoms with Crippen molar-refractivity contribution >= 4 is 12.4 Å². The molecule has 2 aliphatic carbocycles. The van der Waals surface area contributed by atoms with Crippen molar-refractivity contribution in [2.45, 2.75) is 70.8 Å². The van der Waals surface area contributed by atoms with Gasteiger partial charge in [-0.2, -0.15) is 0 Å². The number of hydrogen-bond acceptors (Lipinski definition) is 3. The maximum atomic E-state index is 5.52. The predicted octanol–water partition coefficient (Wildman–Crippen LogP) is 4.19. The molecule has 0 spiro atoms. The molecule has 1 unspecified atom stereocenters. The molecule has 3 nitrogen and oxygen atoms in total. The summed E-state index contributed by atoms with van der Waals surface area (Å²) in [5, 5.41) is 3.82. The number of rotatable bonds is 9. The maximum absolute atomic E-state index is 5.52. The van der Waals surface area contributed by atoms with Gasteiger partial charge in [-0.3, -0.25) is 0 Å². The predicted molar refractivity (Wildman–Crippen MR) is 94.9 cm³/mol. The van der Waals surface area contributed by atoms with E-state index in [0.717, 1.165) is 19.8 Å². The van der Waals surface area contributed by atoms with Crippen LogP contribution in [0.15, 0.2) is 0 Å². The van der Waals surface area contributed by atoms with Gasteiger partial charge in [0.25, 0.3) is 0 Å². The first-order valence-corrected chi connectivity index (χ1v) is 8.85. The number of methoxy groups -OCH3 is 2. The molecule has 2 aliphatic rings. The summed E-state index contributed by atoms with van der Waals surface area (Å²) < 4.78 is 11.0. The first-order chi connectivity index (χ1) is 10.1. The number of nitrogens with one attached hydrogen (secondary N) is 1. The zero-order chi connectivity index (χ0) is 15.2. The van der Waals surface area contributed by atoms with Crippen molar-refractivity contribution in [1.29, 1.82) is 0 Å². The van der Waals surface area contributed by atoms with Gasteiger partial charge in [-0.25, -0.2) is 0 Å². The van der Waals surface area contributed by atoms with Crippen molar-refractivity contribution in [1.82, 2.24) is 5.32 Å². The van der Waals surface area contributed by atoms with Crippen LogP contribution in [0.4, 0.5) is 0 Å². The second-order valence-corrected chi connectivity index (χ2v) is 7.77. The smallest absolute Gasteiger partial charge is 0.0530 e. The SMILES string of the molecule is COCC1(CNC(C)CC2(COC)CCCC2)CCCC1.Cl. The molecule has 0 heterocycles. The highest BCUT2D eigenvalue weighted by molar-refractivity contribution is 5.85. The van der Waals surface area contributed by atoms with E-state index in [-0.39, 0.29) is 12.4 Å². The van der Waals surface area contributed by atoms with E-state index in [2.05, 4.69) is 12.2 Å². The number of halogens is 1. The number of hydrogen-bond donors (Lipinski definition) is 1. The minimum Gasteiger partial charge on any atom is -0.384 e. The summed E-state index contributed by atoms with van der Waals surface area (Å²) in [6, 6.07) is 0.576. The summed E-state index contributed by atoms with van der Waals surface area (Å²) in [7, 11) is 3.69. The molecule has 1 atom stereocenters. The van der Waals surface area contributed by atoms with Crippen LogP contribution in [-0.4, -0.2) is 40.0 Å². The van der Waals surface area contributed by atoms with E-state index < -0.39 is 0 Å². The fourth-order valence-corrected chi connectivity index (χ4v) is 4.75. The van der Waals surface area contributed by atoms with Crippen LogP contribution in [0.1, 0.15) is 64.7 Å². The highest BCUT2D eigenvalue weighted by atomic mass is 35.5. The van der Waals surface area contributed by atoms with E-state index in [1.54, 1.807) is 0 Å². The molecule has 4 heteroatoms. The van der Waals surface area contributed by atoms with Crippen LogP contribution in [0.5, 0.6) is 0 Å².